The molecule has 0 aliphatic carbocycles. The van der Waals surface area contributed by atoms with Gasteiger partial charge in [-0.25, -0.2) is 13.2 Å². The minimum Gasteiger partial charge on any atom is -0.497 e. The Labute approximate surface area is 263 Å². The number of carbonyl (C=O) groups excluding carboxylic acids is 3. The van der Waals surface area contributed by atoms with Crippen molar-refractivity contribution in [1.29, 1.82) is 0 Å². The maximum Gasteiger partial charge on any atom is 0.415 e. The fourth-order valence-corrected chi connectivity index (χ4v) is 6.65. The molecular formula is C33H39N3O8S. The molecule has 1 aliphatic heterocycles. The van der Waals surface area contributed by atoms with Gasteiger partial charge in [0.25, 0.3) is 5.91 Å². The molecule has 2 N–H and O–H groups in total. The Morgan fingerprint density at radius 1 is 1.02 bits per heavy atom. The fraction of sp³-hybridized carbons (Fsp3) is 0.364. The van der Waals surface area contributed by atoms with Gasteiger partial charge >= 0.3 is 6.09 Å². The normalized spacial score (nSPS) is 16.4. The molecule has 1 saturated heterocycles. The summed E-state index contributed by atoms with van der Waals surface area (Å²) in [5.74, 6) is -0.288. The van der Waals surface area contributed by atoms with E-state index in [1.54, 1.807) is 36.4 Å². The van der Waals surface area contributed by atoms with E-state index < -0.39 is 40.3 Å². The third kappa shape index (κ3) is 8.47. The van der Waals surface area contributed by atoms with Gasteiger partial charge < -0.3 is 19.9 Å². The SMILES string of the molecule is COc1ccc(S(=O)(=O)N(CC(C)C)C[C@H](O)[C@H](Cc2ccccc2)NC(=O)[C@@H]2CN(c3ccc(C(C)=O)cc3)C(=O)O2)cc1. The minimum absolute atomic E-state index is 0.0501. The molecule has 0 bridgehead atoms. The number of nitrogens with one attached hydrogen (secondary N) is 1. The molecule has 1 aliphatic rings. The number of ketones is 1. The van der Waals surface area contributed by atoms with Crippen LogP contribution in [0, 0.1) is 5.92 Å². The number of cyclic esters (lactones) is 1. The van der Waals surface area contributed by atoms with Crippen LogP contribution in [0.25, 0.3) is 0 Å². The highest BCUT2D eigenvalue weighted by atomic mass is 32.2. The van der Waals surface area contributed by atoms with Gasteiger partial charge in [-0.1, -0.05) is 44.2 Å². The van der Waals surface area contributed by atoms with Crippen LogP contribution in [-0.2, 0) is 26.0 Å². The Hall–Kier alpha value is -4.26. The molecule has 240 valence electrons. The zero-order valence-electron chi connectivity index (χ0n) is 25.8. The van der Waals surface area contributed by atoms with Crippen LogP contribution < -0.4 is 15.0 Å². The second-order valence-corrected chi connectivity index (χ2v) is 13.3. The van der Waals surface area contributed by atoms with Gasteiger partial charge in [0.05, 0.1) is 30.7 Å². The second kappa shape index (κ2) is 14.7. The number of hydrogen-bond acceptors (Lipinski definition) is 8. The molecule has 45 heavy (non-hydrogen) atoms. The summed E-state index contributed by atoms with van der Waals surface area (Å²) < 4.78 is 39.1. The number of benzene rings is 3. The van der Waals surface area contributed by atoms with Gasteiger partial charge in [0.15, 0.2) is 11.9 Å². The van der Waals surface area contributed by atoms with Crippen molar-refractivity contribution in [3.63, 3.8) is 0 Å². The number of nitrogens with zero attached hydrogens (tertiary/aromatic N) is 2. The van der Waals surface area contributed by atoms with Gasteiger partial charge in [-0.05, 0) is 73.4 Å². The summed E-state index contributed by atoms with van der Waals surface area (Å²) in [6.45, 7) is 4.96. The first kappa shape index (κ1) is 33.6. The van der Waals surface area contributed by atoms with Crippen LogP contribution in [0.2, 0.25) is 0 Å². The number of aliphatic hydroxyl groups excluding tert-OH is 1. The lowest BCUT2D eigenvalue weighted by atomic mass is 10.0. The number of methoxy groups -OCH3 is 1. The molecule has 3 aromatic rings. The predicted octanol–water partition coefficient (Wildman–Crippen LogP) is 3.66. The average Bonchev–Trinajstić information content (AvgIpc) is 3.42. The largest absolute Gasteiger partial charge is 0.497 e. The first-order valence-electron chi connectivity index (χ1n) is 14.6. The third-order valence-electron chi connectivity index (χ3n) is 7.44. The van der Waals surface area contributed by atoms with Crippen molar-refractivity contribution in [1.82, 2.24) is 9.62 Å². The van der Waals surface area contributed by atoms with E-state index >= 15 is 0 Å². The summed E-state index contributed by atoms with van der Waals surface area (Å²) >= 11 is 0. The average molecular weight is 638 g/mol. The summed E-state index contributed by atoms with van der Waals surface area (Å²) in [6, 6.07) is 20.7. The Morgan fingerprint density at radius 2 is 1.67 bits per heavy atom. The third-order valence-corrected chi connectivity index (χ3v) is 9.28. The molecule has 4 rings (SSSR count). The number of ether oxygens (including phenoxy) is 2. The van der Waals surface area contributed by atoms with E-state index in [-0.39, 0.29) is 42.7 Å². The summed E-state index contributed by atoms with van der Waals surface area (Å²) in [5.41, 5.74) is 1.76. The summed E-state index contributed by atoms with van der Waals surface area (Å²) in [4.78, 5) is 39.1. The molecule has 11 nitrogen and oxygen atoms in total. The Bertz CT molecular complexity index is 1580. The zero-order chi connectivity index (χ0) is 32.7. The topological polar surface area (TPSA) is 143 Å². The van der Waals surface area contributed by atoms with Crippen molar-refractivity contribution < 1.29 is 37.4 Å². The predicted molar refractivity (Wildman–Crippen MR) is 169 cm³/mol. The lowest BCUT2D eigenvalue weighted by molar-refractivity contribution is -0.129. The molecule has 1 fully saturated rings. The maximum absolute atomic E-state index is 13.7. The Morgan fingerprint density at radius 3 is 2.24 bits per heavy atom. The van der Waals surface area contributed by atoms with Crippen LogP contribution >= 0.6 is 0 Å². The number of hydrogen-bond donors (Lipinski definition) is 2. The molecule has 1 heterocycles. The van der Waals surface area contributed by atoms with Gasteiger partial charge in [0, 0.05) is 24.3 Å². The van der Waals surface area contributed by atoms with Gasteiger partial charge in [-0.2, -0.15) is 4.31 Å². The van der Waals surface area contributed by atoms with Crippen molar-refractivity contribution in [3.05, 3.63) is 90.0 Å². The van der Waals surface area contributed by atoms with E-state index in [2.05, 4.69) is 5.32 Å². The molecule has 3 atom stereocenters. The number of carbonyl (C=O) groups is 3. The van der Waals surface area contributed by atoms with E-state index in [1.165, 1.54) is 35.4 Å². The lowest BCUT2D eigenvalue weighted by Crippen LogP contribution is -2.53. The van der Waals surface area contributed by atoms with Crippen LogP contribution in [0.1, 0.15) is 36.7 Å². The van der Waals surface area contributed by atoms with Crippen LogP contribution in [0.15, 0.2) is 83.8 Å². The molecule has 2 amide bonds. The standard InChI is InChI=1S/C33H39N3O8S/c1-22(2)19-35(45(41,42)28-16-14-27(43-4)15-17-28)20-30(38)29(18-24-8-6-5-7-9-24)34-32(39)31-21-36(33(40)44-31)26-12-10-25(11-13-26)23(3)37/h5-17,22,29-31,38H,18-21H2,1-4H3,(H,34,39)/t29-,30-,31-/m0/s1. The van der Waals surface area contributed by atoms with E-state index in [0.717, 1.165) is 5.56 Å². The molecular weight excluding hydrogens is 598 g/mol. The zero-order valence-corrected chi connectivity index (χ0v) is 26.6. The van der Waals surface area contributed by atoms with Crippen molar-refractivity contribution in [3.8, 4) is 5.75 Å². The molecule has 0 saturated carbocycles. The summed E-state index contributed by atoms with van der Waals surface area (Å²) in [7, 11) is -2.52. The Kier molecular flexibility index (Phi) is 11.0. The fourth-order valence-electron chi connectivity index (χ4n) is 5.02. The highest BCUT2D eigenvalue weighted by Gasteiger charge is 2.39. The molecule has 0 spiro atoms. The monoisotopic (exact) mass is 637 g/mol. The van der Waals surface area contributed by atoms with Gasteiger partial charge in [0.1, 0.15) is 5.75 Å². The van der Waals surface area contributed by atoms with E-state index in [9.17, 15) is 27.9 Å². The number of amides is 2. The smallest absolute Gasteiger partial charge is 0.415 e. The van der Waals surface area contributed by atoms with E-state index in [4.69, 9.17) is 9.47 Å². The number of aliphatic hydroxyl groups is 1. The molecule has 0 unspecified atom stereocenters. The molecule has 3 aromatic carbocycles. The van der Waals surface area contributed by atoms with Gasteiger partial charge in [-0.3, -0.25) is 14.5 Å². The summed E-state index contributed by atoms with van der Waals surface area (Å²) in [5, 5.41) is 14.3. The number of Topliss-reactive ketones (excluding diaryl/α,β-unsaturated/α-hetero) is 1. The van der Waals surface area contributed by atoms with Crippen molar-refractivity contribution >= 4 is 33.5 Å². The summed E-state index contributed by atoms with van der Waals surface area (Å²) in [6.07, 6.45) is -3.01. The molecule has 0 radical (unpaired) electrons. The van der Waals surface area contributed by atoms with Crippen molar-refractivity contribution in [2.24, 2.45) is 5.92 Å². The van der Waals surface area contributed by atoms with Crippen LogP contribution in [-0.4, -0.2) is 80.6 Å². The van der Waals surface area contributed by atoms with Crippen molar-refractivity contribution in [2.75, 3.05) is 31.6 Å². The van der Waals surface area contributed by atoms with E-state index in [1.807, 2.05) is 44.2 Å². The highest BCUT2D eigenvalue weighted by molar-refractivity contribution is 7.89. The molecule has 12 heteroatoms. The number of anilines is 1. The van der Waals surface area contributed by atoms with Crippen LogP contribution in [0.3, 0.4) is 0 Å². The first-order chi connectivity index (χ1) is 21.4. The molecule has 0 aromatic heterocycles. The quantitative estimate of drug-likeness (QED) is 0.255. The minimum atomic E-state index is -4.01. The van der Waals surface area contributed by atoms with Crippen LogP contribution in [0.5, 0.6) is 5.75 Å². The van der Waals surface area contributed by atoms with Gasteiger partial charge in [0.2, 0.25) is 10.0 Å². The van der Waals surface area contributed by atoms with Gasteiger partial charge in [-0.15, -0.1) is 0 Å². The van der Waals surface area contributed by atoms with Crippen LogP contribution in [0.4, 0.5) is 10.5 Å². The van der Waals surface area contributed by atoms with E-state index in [0.29, 0.717) is 17.0 Å². The Balaban J connectivity index is 1.54. The highest BCUT2D eigenvalue weighted by Crippen LogP contribution is 2.24. The first-order valence-corrected chi connectivity index (χ1v) is 16.1. The lowest BCUT2D eigenvalue weighted by Gasteiger charge is -2.31. The maximum atomic E-state index is 13.7. The van der Waals surface area contributed by atoms with Crippen molar-refractivity contribution in [2.45, 2.75) is 50.3 Å². The number of rotatable bonds is 14. The second-order valence-electron chi connectivity index (χ2n) is 11.3. The number of sulfonamides is 1.